The Morgan fingerprint density at radius 1 is 1.12 bits per heavy atom. The molecule has 1 aliphatic heterocycles. The first-order chi connectivity index (χ1) is 12.0. The summed E-state index contributed by atoms with van der Waals surface area (Å²) in [4.78, 5) is 10.6. The first-order valence-corrected chi connectivity index (χ1v) is 8.57. The van der Waals surface area contributed by atoms with Crippen LogP contribution in [-0.2, 0) is 5.41 Å². The van der Waals surface area contributed by atoms with Crippen LogP contribution in [0.15, 0.2) is 24.5 Å². The van der Waals surface area contributed by atoms with Crippen molar-refractivity contribution < 1.29 is 9.47 Å². The number of nitrogens with zero attached hydrogens (tertiary/aromatic N) is 5. The molecule has 25 heavy (non-hydrogen) atoms. The molecule has 2 aromatic heterocycles. The molecule has 3 rings (SSSR count). The highest BCUT2D eigenvalue weighted by Crippen LogP contribution is 2.23. The number of piperidine rings is 1. The summed E-state index contributed by atoms with van der Waals surface area (Å²) in [6.45, 7) is 8.11. The zero-order valence-electron chi connectivity index (χ0n) is 15.3. The average molecular weight is 343 g/mol. The minimum absolute atomic E-state index is 0.00474. The van der Waals surface area contributed by atoms with Gasteiger partial charge in [-0.25, -0.2) is 0 Å². The molecule has 134 valence electrons. The molecule has 0 N–H and O–H groups in total. The van der Waals surface area contributed by atoms with E-state index >= 15 is 0 Å². The molecule has 1 unspecified atom stereocenters. The fraction of sp³-hybridized carbons (Fsp3) is 0.556. The SMILES string of the molecule is COc1cnc(OC2CCCN(c3ccc(C(C)(C)C)nn3)C2)nc1. The van der Waals surface area contributed by atoms with Crippen molar-refractivity contribution in [3.63, 3.8) is 0 Å². The summed E-state index contributed by atoms with van der Waals surface area (Å²) in [5, 5.41) is 8.79. The van der Waals surface area contributed by atoms with Crippen molar-refractivity contribution in [2.24, 2.45) is 0 Å². The summed E-state index contributed by atoms with van der Waals surface area (Å²) in [7, 11) is 1.59. The third-order valence-corrected chi connectivity index (χ3v) is 4.23. The quantitative estimate of drug-likeness (QED) is 0.845. The van der Waals surface area contributed by atoms with Crippen molar-refractivity contribution in [3.05, 3.63) is 30.2 Å². The second-order valence-corrected chi connectivity index (χ2v) is 7.26. The van der Waals surface area contributed by atoms with Crippen LogP contribution in [0.5, 0.6) is 11.8 Å². The van der Waals surface area contributed by atoms with Gasteiger partial charge in [-0.15, -0.1) is 5.10 Å². The van der Waals surface area contributed by atoms with Crippen LogP contribution in [0.25, 0.3) is 0 Å². The van der Waals surface area contributed by atoms with E-state index in [0.717, 1.165) is 37.4 Å². The molecule has 0 aromatic carbocycles. The summed E-state index contributed by atoms with van der Waals surface area (Å²) >= 11 is 0. The lowest BCUT2D eigenvalue weighted by Crippen LogP contribution is -2.42. The van der Waals surface area contributed by atoms with Crippen LogP contribution in [0.1, 0.15) is 39.3 Å². The van der Waals surface area contributed by atoms with Crippen molar-refractivity contribution in [1.29, 1.82) is 0 Å². The van der Waals surface area contributed by atoms with Gasteiger partial charge in [-0.05, 0) is 25.0 Å². The Kier molecular flexibility index (Phi) is 5.01. The van der Waals surface area contributed by atoms with Crippen LogP contribution in [0.2, 0.25) is 0 Å². The fourth-order valence-corrected chi connectivity index (χ4v) is 2.76. The minimum atomic E-state index is 0.00474. The monoisotopic (exact) mass is 343 g/mol. The van der Waals surface area contributed by atoms with Crippen molar-refractivity contribution >= 4 is 5.82 Å². The Hall–Kier alpha value is -2.44. The molecule has 1 saturated heterocycles. The first-order valence-electron chi connectivity index (χ1n) is 8.57. The smallest absolute Gasteiger partial charge is 0.316 e. The highest BCUT2D eigenvalue weighted by molar-refractivity contribution is 5.38. The van der Waals surface area contributed by atoms with Gasteiger partial charge >= 0.3 is 6.01 Å². The fourth-order valence-electron chi connectivity index (χ4n) is 2.76. The Labute approximate surface area is 148 Å². The van der Waals surface area contributed by atoms with E-state index in [2.05, 4.69) is 51.9 Å². The molecular formula is C18H25N5O2. The van der Waals surface area contributed by atoms with E-state index in [0.29, 0.717) is 11.8 Å². The van der Waals surface area contributed by atoms with Crippen molar-refractivity contribution in [2.75, 3.05) is 25.1 Å². The van der Waals surface area contributed by atoms with Gasteiger partial charge in [0.1, 0.15) is 6.10 Å². The minimum Gasteiger partial charge on any atom is -0.494 e. The zero-order valence-corrected chi connectivity index (χ0v) is 15.3. The summed E-state index contributed by atoms with van der Waals surface area (Å²) in [6, 6.07) is 4.47. The first kappa shape index (κ1) is 17.4. The van der Waals surface area contributed by atoms with Gasteiger partial charge in [-0.3, -0.25) is 0 Å². The van der Waals surface area contributed by atoms with E-state index in [-0.39, 0.29) is 11.5 Å². The number of hydrogen-bond donors (Lipinski definition) is 0. The number of hydrogen-bond acceptors (Lipinski definition) is 7. The molecule has 0 radical (unpaired) electrons. The van der Waals surface area contributed by atoms with Crippen LogP contribution in [0.4, 0.5) is 5.82 Å². The van der Waals surface area contributed by atoms with Crippen molar-refractivity contribution in [2.45, 2.75) is 45.1 Å². The number of anilines is 1. The molecule has 2 aromatic rings. The summed E-state index contributed by atoms with van der Waals surface area (Å²) in [5.41, 5.74) is 0.998. The number of aromatic nitrogens is 4. The lowest BCUT2D eigenvalue weighted by molar-refractivity contribution is 0.163. The molecule has 1 fully saturated rings. The second-order valence-electron chi connectivity index (χ2n) is 7.26. The molecule has 0 spiro atoms. The average Bonchev–Trinajstić information content (AvgIpc) is 2.62. The van der Waals surface area contributed by atoms with Gasteiger partial charge in [-0.1, -0.05) is 20.8 Å². The van der Waals surface area contributed by atoms with Gasteiger partial charge < -0.3 is 14.4 Å². The van der Waals surface area contributed by atoms with E-state index in [9.17, 15) is 0 Å². The molecule has 0 saturated carbocycles. The van der Waals surface area contributed by atoms with Gasteiger partial charge in [0.2, 0.25) is 0 Å². The van der Waals surface area contributed by atoms with Crippen LogP contribution in [0, 0.1) is 0 Å². The Morgan fingerprint density at radius 2 is 1.88 bits per heavy atom. The molecule has 0 amide bonds. The van der Waals surface area contributed by atoms with Gasteiger partial charge in [0, 0.05) is 12.0 Å². The summed E-state index contributed by atoms with van der Waals surface area (Å²) < 4.78 is 11.0. The molecule has 1 aliphatic rings. The maximum absolute atomic E-state index is 5.92. The van der Waals surface area contributed by atoms with Crippen LogP contribution < -0.4 is 14.4 Å². The predicted octanol–water partition coefficient (Wildman–Crippen LogP) is 2.62. The Morgan fingerprint density at radius 3 is 2.48 bits per heavy atom. The third kappa shape index (κ3) is 4.35. The normalized spacial score (nSPS) is 18.1. The van der Waals surface area contributed by atoms with E-state index in [1.54, 1.807) is 19.5 Å². The number of rotatable bonds is 4. The molecule has 0 bridgehead atoms. The summed E-state index contributed by atoms with van der Waals surface area (Å²) in [5.74, 6) is 1.50. The second kappa shape index (κ2) is 7.21. The number of ether oxygens (including phenoxy) is 2. The standard InChI is InChI=1S/C18H25N5O2/c1-18(2,3)15-7-8-16(22-21-15)23-9-5-6-13(12-23)25-17-19-10-14(24-4)11-20-17/h7-8,10-11,13H,5-6,9,12H2,1-4H3. The van der Waals surface area contributed by atoms with Crippen LogP contribution in [0.3, 0.4) is 0 Å². The number of methoxy groups -OCH3 is 1. The predicted molar refractivity (Wildman–Crippen MR) is 95.2 cm³/mol. The van der Waals surface area contributed by atoms with Gasteiger partial charge in [0.25, 0.3) is 0 Å². The van der Waals surface area contributed by atoms with Gasteiger partial charge in [0.15, 0.2) is 11.6 Å². The Balaban J connectivity index is 1.64. The van der Waals surface area contributed by atoms with E-state index in [4.69, 9.17) is 9.47 Å². The van der Waals surface area contributed by atoms with Crippen LogP contribution in [-0.4, -0.2) is 46.5 Å². The maximum Gasteiger partial charge on any atom is 0.316 e. The highest BCUT2D eigenvalue weighted by atomic mass is 16.5. The molecule has 0 aliphatic carbocycles. The topological polar surface area (TPSA) is 73.3 Å². The molecule has 1 atom stereocenters. The van der Waals surface area contributed by atoms with E-state index in [1.165, 1.54) is 0 Å². The van der Waals surface area contributed by atoms with E-state index < -0.39 is 0 Å². The van der Waals surface area contributed by atoms with Gasteiger partial charge in [0.05, 0.1) is 31.7 Å². The molecule has 7 nitrogen and oxygen atoms in total. The largest absolute Gasteiger partial charge is 0.494 e. The zero-order chi connectivity index (χ0) is 17.9. The highest BCUT2D eigenvalue weighted by Gasteiger charge is 2.24. The lowest BCUT2D eigenvalue weighted by Gasteiger charge is -2.33. The van der Waals surface area contributed by atoms with Gasteiger partial charge in [-0.2, -0.15) is 15.1 Å². The lowest BCUT2D eigenvalue weighted by atomic mass is 9.92. The molecular weight excluding hydrogens is 318 g/mol. The van der Waals surface area contributed by atoms with E-state index in [1.807, 2.05) is 6.07 Å². The van der Waals surface area contributed by atoms with Crippen molar-refractivity contribution in [1.82, 2.24) is 20.2 Å². The maximum atomic E-state index is 5.92. The Bertz CT molecular complexity index is 682. The molecule has 3 heterocycles. The summed E-state index contributed by atoms with van der Waals surface area (Å²) in [6.07, 6.45) is 5.26. The van der Waals surface area contributed by atoms with Crippen molar-refractivity contribution in [3.8, 4) is 11.8 Å². The third-order valence-electron chi connectivity index (χ3n) is 4.23. The molecule has 7 heteroatoms. The van der Waals surface area contributed by atoms with Crippen LogP contribution >= 0.6 is 0 Å².